The van der Waals surface area contributed by atoms with Crippen LogP contribution in [-0.4, -0.2) is 23.0 Å². The van der Waals surface area contributed by atoms with Crippen LogP contribution in [0.2, 0.25) is 0 Å². The second kappa shape index (κ2) is 6.80. The number of hydrogen-bond acceptors (Lipinski definition) is 3. The van der Waals surface area contributed by atoms with Crippen LogP contribution >= 0.6 is 11.8 Å². The minimum atomic E-state index is -0.267. The Balaban J connectivity index is 2.69. The minimum Gasteiger partial charge on any atom is -0.309 e. The first-order valence-corrected chi connectivity index (χ1v) is 6.35. The van der Waals surface area contributed by atoms with Gasteiger partial charge in [0.1, 0.15) is 5.82 Å². The van der Waals surface area contributed by atoms with Gasteiger partial charge in [0.15, 0.2) is 0 Å². The highest BCUT2D eigenvalue weighted by Crippen LogP contribution is 2.18. The normalized spacial score (nSPS) is 12.7. The molecule has 0 fully saturated rings. The van der Waals surface area contributed by atoms with E-state index in [2.05, 4.69) is 24.1 Å². The van der Waals surface area contributed by atoms with Crippen LogP contribution in [0.15, 0.2) is 18.5 Å². The molecular weight excluding hydrogens is 211 g/mol. The molecule has 1 N–H and O–H groups in total. The lowest BCUT2D eigenvalue weighted by molar-refractivity contribution is 0.582. The molecule has 2 nitrogen and oxygen atoms in total. The number of halogens is 1. The van der Waals surface area contributed by atoms with Gasteiger partial charge in [0.05, 0.1) is 6.20 Å². The maximum atomic E-state index is 13.0. The lowest BCUT2D eigenvalue weighted by Crippen LogP contribution is -2.23. The summed E-state index contributed by atoms with van der Waals surface area (Å²) in [5.41, 5.74) is 0.929. The number of rotatable bonds is 6. The highest BCUT2D eigenvalue weighted by atomic mass is 32.2. The van der Waals surface area contributed by atoms with Crippen LogP contribution < -0.4 is 5.32 Å². The molecule has 1 aromatic rings. The van der Waals surface area contributed by atoms with Crippen molar-refractivity contribution >= 4 is 11.8 Å². The van der Waals surface area contributed by atoms with Gasteiger partial charge in [-0.05, 0) is 23.9 Å². The quantitative estimate of drug-likeness (QED) is 0.810. The molecule has 4 heteroatoms. The zero-order valence-corrected chi connectivity index (χ0v) is 9.98. The van der Waals surface area contributed by atoms with E-state index in [1.54, 1.807) is 12.3 Å². The topological polar surface area (TPSA) is 24.9 Å². The largest absolute Gasteiger partial charge is 0.309 e. The van der Waals surface area contributed by atoms with E-state index < -0.39 is 0 Å². The van der Waals surface area contributed by atoms with Crippen molar-refractivity contribution in [1.82, 2.24) is 10.3 Å². The summed E-state index contributed by atoms with van der Waals surface area (Å²) in [6.07, 6.45) is 2.96. The highest BCUT2D eigenvalue weighted by Gasteiger charge is 2.10. The number of thioether (sulfide) groups is 1. The molecule has 1 aromatic heterocycles. The fourth-order valence-electron chi connectivity index (χ4n) is 1.37. The lowest BCUT2D eigenvalue weighted by Gasteiger charge is -2.17. The zero-order valence-electron chi connectivity index (χ0n) is 9.16. The van der Waals surface area contributed by atoms with Gasteiger partial charge in [-0.1, -0.05) is 13.8 Å². The SMILES string of the molecule is CCNC(CSCC)c1cncc(F)c1. The van der Waals surface area contributed by atoms with Gasteiger partial charge in [-0.2, -0.15) is 11.8 Å². The molecule has 0 saturated carbocycles. The van der Waals surface area contributed by atoms with E-state index in [0.717, 1.165) is 23.6 Å². The lowest BCUT2D eigenvalue weighted by atomic mass is 10.1. The van der Waals surface area contributed by atoms with Crippen LogP contribution in [0.1, 0.15) is 25.5 Å². The van der Waals surface area contributed by atoms with Gasteiger partial charge >= 0.3 is 0 Å². The smallest absolute Gasteiger partial charge is 0.141 e. The highest BCUT2D eigenvalue weighted by molar-refractivity contribution is 7.99. The summed E-state index contributed by atoms with van der Waals surface area (Å²) < 4.78 is 13.0. The van der Waals surface area contributed by atoms with E-state index in [1.165, 1.54) is 6.20 Å². The number of nitrogens with one attached hydrogen (secondary N) is 1. The number of pyridine rings is 1. The molecule has 0 saturated heterocycles. The summed E-state index contributed by atoms with van der Waals surface area (Å²) in [6, 6.07) is 1.75. The molecule has 0 amide bonds. The maximum Gasteiger partial charge on any atom is 0.141 e. The Bertz CT molecular complexity index is 294. The fourth-order valence-corrected chi connectivity index (χ4v) is 2.16. The zero-order chi connectivity index (χ0) is 11.1. The molecule has 1 unspecified atom stereocenters. The third-order valence-electron chi connectivity index (χ3n) is 2.07. The van der Waals surface area contributed by atoms with Crippen LogP contribution in [0, 0.1) is 5.82 Å². The van der Waals surface area contributed by atoms with Gasteiger partial charge in [0.25, 0.3) is 0 Å². The van der Waals surface area contributed by atoms with Crippen molar-refractivity contribution in [3.63, 3.8) is 0 Å². The van der Waals surface area contributed by atoms with E-state index in [9.17, 15) is 4.39 Å². The molecule has 0 radical (unpaired) electrons. The van der Waals surface area contributed by atoms with Crippen molar-refractivity contribution in [3.8, 4) is 0 Å². The Morgan fingerprint density at radius 2 is 2.27 bits per heavy atom. The van der Waals surface area contributed by atoms with Crippen molar-refractivity contribution < 1.29 is 4.39 Å². The first kappa shape index (κ1) is 12.5. The average Bonchev–Trinajstić information content (AvgIpc) is 2.24. The summed E-state index contributed by atoms with van der Waals surface area (Å²) in [6.45, 7) is 5.05. The van der Waals surface area contributed by atoms with Crippen molar-refractivity contribution in [1.29, 1.82) is 0 Å². The van der Waals surface area contributed by atoms with Crippen LogP contribution in [0.25, 0.3) is 0 Å². The standard InChI is InChI=1S/C11H17FN2S/c1-3-14-11(8-15-4-2)9-5-10(12)7-13-6-9/h5-7,11,14H,3-4,8H2,1-2H3. The van der Waals surface area contributed by atoms with Crippen LogP contribution in [0.3, 0.4) is 0 Å². The molecule has 1 rings (SSSR count). The van der Waals surface area contributed by atoms with Crippen molar-refractivity contribution in [3.05, 3.63) is 29.8 Å². The van der Waals surface area contributed by atoms with Gasteiger partial charge in [-0.15, -0.1) is 0 Å². The maximum absolute atomic E-state index is 13.0. The number of hydrogen-bond donors (Lipinski definition) is 1. The minimum absolute atomic E-state index is 0.197. The molecule has 15 heavy (non-hydrogen) atoms. The monoisotopic (exact) mass is 228 g/mol. The molecule has 0 aliphatic carbocycles. The Labute approximate surface area is 94.7 Å². The molecule has 0 spiro atoms. The Morgan fingerprint density at radius 3 is 2.87 bits per heavy atom. The van der Waals surface area contributed by atoms with Crippen LogP contribution in [0.5, 0.6) is 0 Å². The molecule has 1 atom stereocenters. The third-order valence-corrected chi connectivity index (χ3v) is 3.04. The second-order valence-electron chi connectivity index (χ2n) is 3.21. The number of nitrogens with zero attached hydrogens (tertiary/aromatic N) is 1. The summed E-state index contributed by atoms with van der Waals surface area (Å²) in [5.74, 6) is 1.76. The Kier molecular flexibility index (Phi) is 5.65. The van der Waals surface area contributed by atoms with Gasteiger partial charge in [-0.25, -0.2) is 4.39 Å². The molecule has 1 heterocycles. The third kappa shape index (κ3) is 4.18. The summed E-state index contributed by atoms with van der Waals surface area (Å²) in [4.78, 5) is 3.87. The summed E-state index contributed by atoms with van der Waals surface area (Å²) in [7, 11) is 0. The van der Waals surface area contributed by atoms with Crippen molar-refractivity contribution in [2.75, 3.05) is 18.1 Å². The summed E-state index contributed by atoms with van der Waals surface area (Å²) in [5, 5.41) is 3.33. The molecule has 0 aliphatic rings. The number of aromatic nitrogens is 1. The van der Waals surface area contributed by atoms with E-state index in [-0.39, 0.29) is 11.9 Å². The summed E-state index contributed by atoms with van der Waals surface area (Å²) >= 11 is 1.84. The fraction of sp³-hybridized carbons (Fsp3) is 0.545. The van der Waals surface area contributed by atoms with Crippen LogP contribution in [0.4, 0.5) is 4.39 Å². The van der Waals surface area contributed by atoms with Gasteiger partial charge < -0.3 is 5.32 Å². The predicted molar refractivity (Wildman–Crippen MR) is 63.6 cm³/mol. The average molecular weight is 228 g/mol. The van der Waals surface area contributed by atoms with Gasteiger partial charge in [0, 0.05) is 18.0 Å². The van der Waals surface area contributed by atoms with E-state index >= 15 is 0 Å². The van der Waals surface area contributed by atoms with E-state index in [4.69, 9.17) is 0 Å². The van der Waals surface area contributed by atoms with Crippen molar-refractivity contribution in [2.24, 2.45) is 0 Å². The first-order chi connectivity index (χ1) is 7.27. The van der Waals surface area contributed by atoms with Crippen LogP contribution in [-0.2, 0) is 0 Å². The van der Waals surface area contributed by atoms with Crippen molar-refractivity contribution in [2.45, 2.75) is 19.9 Å². The van der Waals surface area contributed by atoms with Gasteiger partial charge in [-0.3, -0.25) is 4.98 Å². The van der Waals surface area contributed by atoms with E-state index in [1.807, 2.05) is 11.8 Å². The molecule has 0 aromatic carbocycles. The predicted octanol–water partition coefficient (Wildman–Crippen LogP) is 2.62. The molecule has 0 aliphatic heterocycles. The molecule has 84 valence electrons. The Hall–Kier alpha value is -0.610. The first-order valence-electron chi connectivity index (χ1n) is 5.19. The molecule has 0 bridgehead atoms. The van der Waals surface area contributed by atoms with E-state index in [0.29, 0.717) is 0 Å². The molecular formula is C11H17FN2S. The Morgan fingerprint density at radius 1 is 1.47 bits per heavy atom. The second-order valence-corrected chi connectivity index (χ2v) is 4.53. The van der Waals surface area contributed by atoms with Gasteiger partial charge in [0.2, 0.25) is 0 Å².